The Morgan fingerprint density at radius 3 is 2.83 bits per heavy atom. The zero-order valence-electron chi connectivity index (χ0n) is 6.54. The van der Waals surface area contributed by atoms with Gasteiger partial charge in [-0.2, -0.15) is 0 Å². The summed E-state index contributed by atoms with van der Waals surface area (Å²) in [7, 11) is 0. The van der Waals surface area contributed by atoms with Gasteiger partial charge in [-0.3, -0.25) is 15.0 Å². The van der Waals surface area contributed by atoms with Crippen LogP contribution in [0.4, 0.5) is 4.79 Å². The van der Waals surface area contributed by atoms with Gasteiger partial charge < -0.3 is 5.11 Å². The molecule has 0 radical (unpaired) electrons. The SMILES string of the molecule is O=C1NC(=O)C2(O)CCCCN12. The van der Waals surface area contributed by atoms with Crippen molar-refractivity contribution in [3.63, 3.8) is 0 Å². The molecular formula is C7H10N2O3. The number of nitrogens with one attached hydrogen (secondary N) is 1. The predicted molar refractivity (Wildman–Crippen MR) is 39.0 cm³/mol. The molecule has 2 aliphatic heterocycles. The number of rotatable bonds is 0. The second-order valence-corrected chi connectivity index (χ2v) is 3.18. The summed E-state index contributed by atoms with van der Waals surface area (Å²) in [5.74, 6) is -0.577. The van der Waals surface area contributed by atoms with Gasteiger partial charge in [0.25, 0.3) is 5.91 Å². The van der Waals surface area contributed by atoms with Crippen LogP contribution in [0.5, 0.6) is 0 Å². The van der Waals surface area contributed by atoms with Crippen LogP contribution in [-0.2, 0) is 4.79 Å². The summed E-state index contributed by atoms with van der Waals surface area (Å²) in [5, 5.41) is 11.8. The van der Waals surface area contributed by atoms with Crippen LogP contribution in [0, 0.1) is 0 Å². The number of imide groups is 1. The Labute approximate surface area is 69.3 Å². The number of carbonyl (C=O) groups is 2. The van der Waals surface area contributed by atoms with E-state index in [1.54, 1.807) is 0 Å². The van der Waals surface area contributed by atoms with E-state index in [0.717, 1.165) is 12.8 Å². The maximum atomic E-state index is 11.1. The second-order valence-electron chi connectivity index (χ2n) is 3.18. The fourth-order valence-electron chi connectivity index (χ4n) is 1.73. The minimum Gasteiger partial charge on any atom is -0.363 e. The van der Waals surface area contributed by atoms with Crippen molar-refractivity contribution in [2.45, 2.75) is 25.0 Å². The maximum absolute atomic E-state index is 11.1. The molecule has 3 amide bonds. The van der Waals surface area contributed by atoms with E-state index < -0.39 is 17.7 Å². The van der Waals surface area contributed by atoms with E-state index in [1.807, 2.05) is 0 Å². The smallest absolute Gasteiger partial charge is 0.326 e. The summed E-state index contributed by atoms with van der Waals surface area (Å²) in [6, 6.07) is -0.470. The lowest BCUT2D eigenvalue weighted by Crippen LogP contribution is -2.52. The van der Waals surface area contributed by atoms with Crippen molar-refractivity contribution >= 4 is 11.9 Å². The predicted octanol–water partition coefficient (Wildman–Crippen LogP) is -0.589. The first-order valence-corrected chi connectivity index (χ1v) is 4.00. The van der Waals surface area contributed by atoms with Crippen molar-refractivity contribution in [1.29, 1.82) is 0 Å². The molecular weight excluding hydrogens is 160 g/mol. The third-order valence-corrected chi connectivity index (χ3v) is 2.43. The highest BCUT2D eigenvalue weighted by Gasteiger charge is 2.52. The summed E-state index contributed by atoms with van der Waals surface area (Å²) in [6.45, 7) is 0.466. The Hall–Kier alpha value is -1.10. The minimum absolute atomic E-state index is 0.352. The van der Waals surface area contributed by atoms with Crippen LogP contribution in [0.3, 0.4) is 0 Å². The number of fused-ring (bicyclic) bond motifs is 1. The summed E-state index contributed by atoms with van der Waals surface area (Å²) in [4.78, 5) is 23.4. The summed E-state index contributed by atoms with van der Waals surface area (Å²) >= 11 is 0. The zero-order valence-corrected chi connectivity index (χ0v) is 6.54. The third kappa shape index (κ3) is 0.768. The molecule has 5 nitrogen and oxygen atoms in total. The molecule has 0 aromatic carbocycles. The quantitative estimate of drug-likeness (QED) is 0.477. The summed E-state index contributed by atoms with van der Waals surface area (Å²) in [5.41, 5.74) is -1.55. The van der Waals surface area contributed by atoms with Gasteiger partial charge in [-0.15, -0.1) is 0 Å². The molecule has 2 aliphatic rings. The maximum Gasteiger partial charge on any atom is 0.326 e. The number of urea groups is 1. The minimum atomic E-state index is -1.55. The van der Waals surface area contributed by atoms with E-state index in [4.69, 9.17) is 0 Å². The van der Waals surface area contributed by atoms with Gasteiger partial charge >= 0.3 is 6.03 Å². The highest BCUT2D eigenvalue weighted by Crippen LogP contribution is 2.29. The molecule has 2 saturated heterocycles. The molecule has 5 heteroatoms. The van der Waals surface area contributed by atoms with Crippen LogP contribution in [0.1, 0.15) is 19.3 Å². The van der Waals surface area contributed by atoms with Crippen molar-refractivity contribution < 1.29 is 14.7 Å². The molecule has 1 unspecified atom stereocenters. The zero-order chi connectivity index (χ0) is 8.77. The normalized spacial score (nSPS) is 34.9. The standard InChI is InChI=1S/C7H10N2O3/c10-5-7(12)3-1-2-4-9(7)6(11)8-5/h12H,1-4H2,(H,8,10,11). The van der Waals surface area contributed by atoms with Crippen LogP contribution in [-0.4, -0.2) is 34.2 Å². The fourth-order valence-corrected chi connectivity index (χ4v) is 1.73. The number of aliphatic hydroxyl groups is 1. The van der Waals surface area contributed by atoms with E-state index in [1.165, 1.54) is 4.90 Å². The van der Waals surface area contributed by atoms with Crippen molar-refractivity contribution in [1.82, 2.24) is 10.2 Å². The van der Waals surface area contributed by atoms with Gasteiger partial charge in [0, 0.05) is 13.0 Å². The molecule has 0 spiro atoms. The van der Waals surface area contributed by atoms with Crippen molar-refractivity contribution in [2.24, 2.45) is 0 Å². The Morgan fingerprint density at radius 1 is 1.42 bits per heavy atom. The Balaban J connectivity index is 2.33. The van der Waals surface area contributed by atoms with Gasteiger partial charge in [0.05, 0.1) is 0 Å². The number of piperidine rings is 1. The molecule has 1 atom stereocenters. The number of hydrogen-bond acceptors (Lipinski definition) is 3. The van der Waals surface area contributed by atoms with Crippen molar-refractivity contribution in [3.05, 3.63) is 0 Å². The first-order chi connectivity index (χ1) is 5.64. The van der Waals surface area contributed by atoms with Crippen LogP contribution >= 0.6 is 0 Å². The average molecular weight is 170 g/mol. The van der Waals surface area contributed by atoms with E-state index in [-0.39, 0.29) is 0 Å². The largest absolute Gasteiger partial charge is 0.363 e. The number of nitrogens with zero attached hydrogens (tertiary/aromatic N) is 1. The average Bonchev–Trinajstić information content (AvgIpc) is 2.25. The highest BCUT2D eigenvalue weighted by molar-refractivity contribution is 6.05. The second kappa shape index (κ2) is 2.20. The number of hydrogen-bond donors (Lipinski definition) is 2. The van der Waals surface area contributed by atoms with Crippen LogP contribution in [0.15, 0.2) is 0 Å². The molecule has 0 aliphatic carbocycles. The van der Waals surface area contributed by atoms with Gasteiger partial charge in [0.15, 0.2) is 0 Å². The fraction of sp³-hybridized carbons (Fsp3) is 0.714. The van der Waals surface area contributed by atoms with E-state index >= 15 is 0 Å². The lowest BCUT2D eigenvalue weighted by Gasteiger charge is -2.33. The number of amides is 3. The first-order valence-electron chi connectivity index (χ1n) is 4.00. The van der Waals surface area contributed by atoms with E-state index in [2.05, 4.69) is 5.32 Å². The monoisotopic (exact) mass is 170 g/mol. The van der Waals surface area contributed by atoms with Crippen LogP contribution < -0.4 is 5.32 Å². The molecule has 2 fully saturated rings. The van der Waals surface area contributed by atoms with Gasteiger partial charge in [-0.25, -0.2) is 4.79 Å². The molecule has 0 bridgehead atoms. The molecule has 2 heterocycles. The first kappa shape index (κ1) is 7.54. The van der Waals surface area contributed by atoms with Gasteiger partial charge in [0.2, 0.25) is 5.72 Å². The Kier molecular flexibility index (Phi) is 1.38. The van der Waals surface area contributed by atoms with Crippen molar-refractivity contribution in [2.75, 3.05) is 6.54 Å². The Morgan fingerprint density at radius 2 is 2.17 bits per heavy atom. The van der Waals surface area contributed by atoms with Crippen LogP contribution in [0.25, 0.3) is 0 Å². The van der Waals surface area contributed by atoms with E-state index in [9.17, 15) is 14.7 Å². The molecule has 2 rings (SSSR count). The lowest BCUT2D eigenvalue weighted by atomic mass is 10.00. The molecule has 0 aromatic rings. The third-order valence-electron chi connectivity index (χ3n) is 2.43. The molecule has 0 aromatic heterocycles. The molecule has 66 valence electrons. The van der Waals surface area contributed by atoms with Crippen molar-refractivity contribution in [3.8, 4) is 0 Å². The van der Waals surface area contributed by atoms with Gasteiger partial charge in [-0.1, -0.05) is 0 Å². The lowest BCUT2D eigenvalue weighted by molar-refractivity contribution is -0.152. The summed E-state index contributed by atoms with van der Waals surface area (Å²) in [6.07, 6.45) is 1.99. The highest BCUT2D eigenvalue weighted by atomic mass is 16.3. The van der Waals surface area contributed by atoms with Gasteiger partial charge in [0.1, 0.15) is 0 Å². The van der Waals surface area contributed by atoms with E-state index in [0.29, 0.717) is 13.0 Å². The molecule has 12 heavy (non-hydrogen) atoms. The molecule has 2 N–H and O–H groups in total. The topological polar surface area (TPSA) is 69.6 Å². The van der Waals surface area contributed by atoms with Crippen LogP contribution in [0.2, 0.25) is 0 Å². The summed E-state index contributed by atoms with van der Waals surface area (Å²) < 4.78 is 0. The number of carbonyl (C=O) groups excluding carboxylic acids is 2. The molecule has 0 saturated carbocycles. The van der Waals surface area contributed by atoms with Gasteiger partial charge in [-0.05, 0) is 12.8 Å². The Bertz CT molecular complexity index is 253.